The van der Waals surface area contributed by atoms with Crippen LogP contribution in [0.25, 0.3) is 0 Å². The Labute approximate surface area is 141 Å². The van der Waals surface area contributed by atoms with Crippen LogP contribution in [0.5, 0.6) is 0 Å². The third-order valence-corrected chi connectivity index (χ3v) is 5.37. The van der Waals surface area contributed by atoms with E-state index in [1.54, 1.807) is 0 Å². The van der Waals surface area contributed by atoms with Crippen LogP contribution in [-0.2, 0) is 29.1 Å². The van der Waals surface area contributed by atoms with Crippen molar-refractivity contribution in [1.29, 1.82) is 0 Å². The van der Waals surface area contributed by atoms with Gasteiger partial charge in [-0.2, -0.15) is 0 Å². The molecule has 3 heterocycles. The first kappa shape index (κ1) is 15.6. The van der Waals surface area contributed by atoms with E-state index in [0.717, 1.165) is 44.0 Å². The van der Waals surface area contributed by atoms with Crippen molar-refractivity contribution in [3.63, 3.8) is 0 Å². The van der Waals surface area contributed by atoms with Crippen LogP contribution in [-0.4, -0.2) is 44.6 Å². The average Bonchev–Trinajstić information content (AvgIpc) is 3.27. The largest absolute Gasteiger partial charge is 0.348 e. The lowest BCUT2D eigenvalue weighted by Gasteiger charge is -2.16. The number of rotatable bonds is 5. The second-order valence-corrected chi connectivity index (χ2v) is 7.36. The normalized spacial score (nSPS) is 23.9. The number of carbonyl (C=O) groups excluding carboxylic acids is 2. The van der Waals surface area contributed by atoms with Gasteiger partial charge in [-0.25, -0.2) is 0 Å². The molecule has 2 fully saturated rings. The third-order valence-electron chi connectivity index (χ3n) is 5.37. The van der Waals surface area contributed by atoms with Crippen LogP contribution < -0.4 is 5.32 Å². The molecule has 7 nitrogen and oxygen atoms in total. The molecule has 7 heteroatoms. The third kappa shape index (κ3) is 3.30. The Balaban J connectivity index is 1.32. The molecule has 0 unspecified atom stereocenters. The van der Waals surface area contributed by atoms with Crippen LogP contribution >= 0.6 is 0 Å². The Morgan fingerprint density at radius 2 is 2.08 bits per heavy atom. The van der Waals surface area contributed by atoms with E-state index in [1.807, 2.05) is 4.90 Å². The summed E-state index contributed by atoms with van der Waals surface area (Å²) in [6.45, 7) is 2.74. The van der Waals surface area contributed by atoms with Gasteiger partial charge in [-0.15, -0.1) is 10.2 Å². The number of nitrogens with zero attached hydrogens (tertiary/aromatic N) is 4. The number of likely N-dealkylation sites (tertiary alicyclic amines) is 1. The number of hydrogen-bond acceptors (Lipinski definition) is 4. The number of aromatic nitrogens is 3. The van der Waals surface area contributed by atoms with Gasteiger partial charge in [0.15, 0.2) is 5.82 Å². The van der Waals surface area contributed by atoms with E-state index in [0.29, 0.717) is 25.4 Å². The predicted octanol–water partition coefficient (Wildman–Crippen LogP) is 0.879. The van der Waals surface area contributed by atoms with E-state index in [4.69, 9.17) is 0 Å². The number of aryl methyl sites for hydroxylation is 1. The smallest absolute Gasteiger partial charge is 0.225 e. The van der Waals surface area contributed by atoms with Crippen molar-refractivity contribution < 1.29 is 9.59 Å². The standard InChI is InChI=1S/C17H25N5O2/c23-16-8-13(11-21(16)10-12-5-6-12)17(24)18-9-15-20-19-14-4-2-1-3-7-22(14)15/h12-13H,1-11H2,(H,18,24)/t13-/m1/s1. The number of hydrogen-bond donors (Lipinski definition) is 1. The number of fused-ring (bicyclic) bond motifs is 1. The highest BCUT2D eigenvalue weighted by Gasteiger charge is 2.37. The summed E-state index contributed by atoms with van der Waals surface area (Å²) in [4.78, 5) is 26.3. The molecule has 0 spiro atoms. The molecule has 1 aromatic rings. The molecular formula is C17H25N5O2. The second kappa shape index (κ2) is 6.53. The summed E-state index contributed by atoms with van der Waals surface area (Å²) >= 11 is 0. The first-order chi connectivity index (χ1) is 11.7. The molecule has 4 rings (SSSR count). The number of nitrogens with one attached hydrogen (secondary N) is 1. The van der Waals surface area contributed by atoms with Crippen molar-refractivity contribution in [2.45, 2.75) is 58.0 Å². The molecule has 1 N–H and O–H groups in total. The topological polar surface area (TPSA) is 80.1 Å². The molecule has 0 aromatic carbocycles. The minimum atomic E-state index is -0.220. The van der Waals surface area contributed by atoms with Crippen molar-refractivity contribution in [3.05, 3.63) is 11.6 Å². The van der Waals surface area contributed by atoms with E-state index < -0.39 is 0 Å². The Morgan fingerprint density at radius 3 is 2.92 bits per heavy atom. The Morgan fingerprint density at radius 1 is 1.21 bits per heavy atom. The van der Waals surface area contributed by atoms with Crippen LogP contribution in [0, 0.1) is 11.8 Å². The SMILES string of the molecule is O=C(NCc1nnc2n1CCCCC2)[C@@H]1CC(=O)N(CC2CC2)C1. The molecule has 24 heavy (non-hydrogen) atoms. The van der Waals surface area contributed by atoms with Crippen molar-refractivity contribution in [3.8, 4) is 0 Å². The van der Waals surface area contributed by atoms with E-state index in [-0.39, 0.29) is 17.7 Å². The fourth-order valence-corrected chi connectivity index (χ4v) is 3.72. The van der Waals surface area contributed by atoms with E-state index in [9.17, 15) is 9.59 Å². The lowest BCUT2D eigenvalue weighted by molar-refractivity contribution is -0.129. The summed E-state index contributed by atoms with van der Waals surface area (Å²) < 4.78 is 2.15. The molecule has 1 aromatic heterocycles. The van der Waals surface area contributed by atoms with Gasteiger partial charge in [0.2, 0.25) is 11.8 Å². The molecule has 2 amide bonds. The van der Waals surface area contributed by atoms with Gasteiger partial charge in [-0.1, -0.05) is 6.42 Å². The summed E-state index contributed by atoms with van der Waals surface area (Å²) in [5.74, 6) is 2.40. The molecule has 2 aliphatic heterocycles. The number of carbonyl (C=O) groups is 2. The van der Waals surface area contributed by atoms with Crippen LogP contribution in [0.3, 0.4) is 0 Å². The van der Waals surface area contributed by atoms with Gasteiger partial charge in [0.1, 0.15) is 5.82 Å². The van der Waals surface area contributed by atoms with Gasteiger partial charge in [0, 0.05) is 32.5 Å². The highest BCUT2D eigenvalue weighted by atomic mass is 16.2. The zero-order valence-corrected chi connectivity index (χ0v) is 14.0. The Kier molecular flexibility index (Phi) is 4.24. The fourth-order valence-electron chi connectivity index (χ4n) is 3.72. The minimum Gasteiger partial charge on any atom is -0.348 e. The van der Waals surface area contributed by atoms with Gasteiger partial charge in [0.05, 0.1) is 12.5 Å². The summed E-state index contributed by atoms with van der Waals surface area (Å²) in [7, 11) is 0. The molecule has 3 aliphatic rings. The van der Waals surface area contributed by atoms with Crippen molar-refractivity contribution in [2.24, 2.45) is 11.8 Å². The maximum absolute atomic E-state index is 12.4. The van der Waals surface area contributed by atoms with Crippen molar-refractivity contribution in [1.82, 2.24) is 25.0 Å². The van der Waals surface area contributed by atoms with Crippen molar-refractivity contribution in [2.75, 3.05) is 13.1 Å². The van der Waals surface area contributed by atoms with E-state index >= 15 is 0 Å². The average molecular weight is 331 g/mol. The highest BCUT2D eigenvalue weighted by molar-refractivity contribution is 5.89. The molecule has 1 saturated carbocycles. The maximum atomic E-state index is 12.4. The predicted molar refractivity (Wildman–Crippen MR) is 86.8 cm³/mol. The van der Waals surface area contributed by atoms with E-state index in [2.05, 4.69) is 20.1 Å². The Bertz CT molecular complexity index is 637. The quantitative estimate of drug-likeness (QED) is 0.868. The summed E-state index contributed by atoms with van der Waals surface area (Å²) in [6, 6.07) is 0. The number of amides is 2. The van der Waals surface area contributed by atoms with Gasteiger partial charge in [-0.05, 0) is 31.6 Å². The zero-order valence-electron chi connectivity index (χ0n) is 14.0. The van der Waals surface area contributed by atoms with Gasteiger partial charge in [0.25, 0.3) is 0 Å². The van der Waals surface area contributed by atoms with Gasteiger partial charge in [-0.3, -0.25) is 9.59 Å². The van der Waals surface area contributed by atoms with Crippen LogP contribution in [0.4, 0.5) is 0 Å². The highest BCUT2D eigenvalue weighted by Crippen LogP contribution is 2.32. The van der Waals surface area contributed by atoms with Gasteiger partial charge < -0.3 is 14.8 Å². The first-order valence-electron chi connectivity index (χ1n) is 9.17. The first-order valence-corrected chi connectivity index (χ1v) is 9.17. The lowest BCUT2D eigenvalue weighted by Crippen LogP contribution is -2.34. The molecule has 130 valence electrons. The van der Waals surface area contributed by atoms with Crippen molar-refractivity contribution >= 4 is 11.8 Å². The second-order valence-electron chi connectivity index (χ2n) is 7.36. The van der Waals surface area contributed by atoms with Gasteiger partial charge >= 0.3 is 0 Å². The van der Waals surface area contributed by atoms with Crippen LogP contribution in [0.1, 0.15) is 50.2 Å². The summed E-state index contributed by atoms with van der Waals surface area (Å²) in [5.41, 5.74) is 0. The molecule has 1 atom stereocenters. The molecule has 0 radical (unpaired) electrons. The summed E-state index contributed by atoms with van der Waals surface area (Å²) in [5, 5.41) is 11.5. The monoisotopic (exact) mass is 331 g/mol. The molecule has 1 aliphatic carbocycles. The van der Waals surface area contributed by atoms with E-state index in [1.165, 1.54) is 19.3 Å². The zero-order chi connectivity index (χ0) is 16.5. The fraction of sp³-hybridized carbons (Fsp3) is 0.765. The summed E-state index contributed by atoms with van der Waals surface area (Å²) in [6.07, 6.45) is 7.27. The Hall–Kier alpha value is -1.92. The maximum Gasteiger partial charge on any atom is 0.225 e. The lowest BCUT2D eigenvalue weighted by atomic mass is 10.1. The molecule has 0 bridgehead atoms. The van der Waals surface area contributed by atoms with Crippen LogP contribution in [0.2, 0.25) is 0 Å². The molecule has 1 saturated heterocycles. The molecular weight excluding hydrogens is 306 g/mol. The van der Waals surface area contributed by atoms with Crippen LogP contribution in [0.15, 0.2) is 0 Å². The minimum absolute atomic E-state index is 0.0346.